The van der Waals surface area contributed by atoms with Crippen LogP contribution >= 0.6 is 0 Å². The van der Waals surface area contributed by atoms with Gasteiger partial charge in [-0.3, -0.25) is 14.8 Å². The SMILES string of the molecule is CN(Cc1cn[nH]c1)C1CCC(=O)CC1. The summed E-state index contributed by atoms with van der Waals surface area (Å²) in [6, 6.07) is 0.553. The molecular weight excluding hydrogens is 190 g/mol. The molecule has 0 bridgehead atoms. The topological polar surface area (TPSA) is 49.0 Å². The van der Waals surface area contributed by atoms with Crippen LogP contribution in [0.15, 0.2) is 12.4 Å². The van der Waals surface area contributed by atoms with Crippen LogP contribution in [-0.4, -0.2) is 34.0 Å². The summed E-state index contributed by atoms with van der Waals surface area (Å²) in [6.45, 7) is 0.912. The van der Waals surface area contributed by atoms with Crippen molar-refractivity contribution in [1.82, 2.24) is 15.1 Å². The number of hydrogen-bond acceptors (Lipinski definition) is 3. The number of rotatable bonds is 3. The molecule has 82 valence electrons. The summed E-state index contributed by atoms with van der Waals surface area (Å²) in [6.07, 6.45) is 7.29. The van der Waals surface area contributed by atoms with Crippen molar-refractivity contribution in [3.63, 3.8) is 0 Å². The van der Waals surface area contributed by atoms with Crippen molar-refractivity contribution in [3.05, 3.63) is 18.0 Å². The van der Waals surface area contributed by atoms with E-state index in [1.165, 1.54) is 5.56 Å². The first kappa shape index (κ1) is 10.4. The van der Waals surface area contributed by atoms with Gasteiger partial charge in [0.1, 0.15) is 5.78 Å². The molecular formula is C11H17N3O. The first-order chi connectivity index (χ1) is 7.25. The van der Waals surface area contributed by atoms with Gasteiger partial charge in [0.15, 0.2) is 0 Å². The Balaban J connectivity index is 1.85. The van der Waals surface area contributed by atoms with Gasteiger partial charge in [-0.15, -0.1) is 0 Å². The van der Waals surface area contributed by atoms with E-state index < -0.39 is 0 Å². The summed E-state index contributed by atoms with van der Waals surface area (Å²) >= 11 is 0. The zero-order chi connectivity index (χ0) is 10.7. The van der Waals surface area contributed by atoms with Crippen molar-refractivity contribution in [2.24, 2.45) is 0 Å². The zero-order valence-corrected chi connectivity index (χ0v) is 9.07. The third-order valence-electron chi connectivity index (χ3n) is 3.12. The van der Waals surface area contributed by atoms with Gasteiger partial charge in [0.2, 0.25) is 0 Å². The predicted molar refractivity (Wildman–Crippen MR) is 57.3 cm³/mol. The quantitative estimate of drug-likeness (QED) is 0.814. The minimum absolute atomic E-state index is 0.419. The number of hydrogen-bond donors (Lipinski definition) is 1. The summed E-state index contributed by atoms with van der Waals surface area (Å²) in [5.74, 6) is 0.419. The summed E-state index contributed by atoms with van der Waals surface area (Å²) in [5, 5.41) is 6.74. The Hall–Kier alpha value is -1.16. The molecule has 1 N–H and O–H groups in total. The van der Waals surface area contributed by atoms with Gasteiger partial charge < -0.3 is 0 Å². The number of aromatic nitrogens is 2. The third-order valence-corrected chi connectivity index (χ3v) is 3.12. The van der Waals surface area contributed by atoms with E-state index in [4.69, 9.17) is 0 Å². The van der Waals surface area contributed by atoms with Crippen LogP contribution in [0.2, 0.25) is 0 Å². The number of carbonyl (C=O) groups excluding carboxylic acids is 1. The van der Waals surface area contributed by atoms with Gasteiger partial charge in [-0.05, 0) is 19.9 Å². The highest BCUT2D eigenvalue weighted by molar-refractivity contribution is 5.79. The van der Waals surface area contributed by atoms with Crippen molar-refractivity contribution in [2.45, 2.75) is 38.3 Å². The Kier molecular flexibility index (Phi) is 3.16. The Morgan fingerprint density at radius 2 is 2.27 bits per heavy atom. The number of nitrogens with zero attached hydrogens (tertiary/aromatic N) is 2. The van der Waals surface area contributed by atoms with E-state index in [1.807, 2.05) is 12.4 Å². The van der Waals surface area contributed by atoms with E-state index in [9.17, 15) is 4.79 Å². The Morgan fingerprint density at radius 3 is 2.87 bits per heavy atom. The first-order valence-electron chi connectivity index (χ1n) is 5.45. The van der Waals surface area contributed by atoms with Crippen LogP contribution in [0.1, 0.15) is 31.2 Å². The van der Waals surface area contributed by atoms with Crippen LogP contribution in [0.25, 0.3) is 0 Å². The smallest absolute Gasteiger partial charge is 0.133 e. The highest BCUT2D eigenvalue weighted by atomic mass is 16.1. The van der Waals surface area contributed by atoms with Gasteiger partial charge in [0.25, 0.3) is 0 Å². The highest BCUT2D eigenvalue weighted by Gasteiger charge is 2.22. The molecule has 0 unspecified atom stereocenters. The van der Waals surface area contributed by atoms with Gasteiger partial charge in [-0.25, -0.2) is 0 Å². The standard InChI is InChI=1S/C11H17N3O/c1-14(8-9-6-12-13-7-9)10-2-4-11(15)5-3-10/h6-7,10H,2-5,8H2,1H3,(H,12,13). The molecule has 0 amide bonds. The normalized spacial score (nSPS) is 18.7. The van der Waals surface area contributed by atoms with Crippen LogP contribution in [0, 0.1) is 0 Å². The lowest BCUT2D eigenvalue weighted by Gasteiger charge is -2.30. The second-order valence-corrected chi connectivity index (χ2v) is 4.29. The van der Waals surface area contributed by atoms with E-state index in [-0.39, 0.29) is 0 Å². The zero-order valence-electron chi connectivity index (χ0n) is 9.07. The molecule has 1 aromatic rings. The number of nitrogens with one attached hydrogen (secondary N) is 1. The molecule has 1 aromatic heterocycles. The van der Waals surface area contributed by atoms with Gasteiger partial charge in [0, 0.05) is 37.2 Å². The Morgan fingerprint density at radius 1 is 1.53 bits per heavy atom. The fourth-order valence-corrected chi connectivity index (χ4v) is 2.15. The molecule has 0 spiro atoms. The van der Waals surface area contributed by atoms with Crippen molar-refractivity contribution < 1.29 is 4.79 Å². The second kappa shape index (κ2) is 4.57. The lowest BCUT2D eigenvalue weighted by Crippen LogP contribution is -2.34. The molecule has 0 radical (unpaired) electrons. The number of ketones is 1. The van der Waals surface area contributed by atoms with Crippen LogP contribution in [0.4, 0.5) is 0 Å². The fraction of sp³-hybridized carbons (Fsp3) is 0.636. The molecule has 4 nitrogen and oxygen atoms in total. The van der Waals surface area contributed by atoms with Gasteiger partial charge in [0.05, 0.1) is 6.20 Å². The first-order valence-corrected chi connectivity index (χ1v) is 5.45. The van der Waals surface area contributed by atoms with E-state index in [1.54, 1.807) is 0 Å². The van der Waals surface area contributed by atoms with Crippen molar-refractivity contribution >= 4 is 5.78 Å². The van der Waals surface area contributed by atoms with E-state index in [0.717, 1.165) is 32.2 Å². The lowest BCUT2D eigenvalue weighted by molar-refractivity contribution is -0.121. The molecule has 1 aliphatic rings. The van der Waals surface area contributed by atoms with Crippen molar-refractivity contribution in [3.8, 4) is 0 Å². The molecule has 0 atom stereocenters. The van der Waals surface area contributed by atoms with Crippen LogP contribution < -0.4 is 0 Å². The average molecular weight is 207 g/mol. The second-order valence-electron chi connectivity index (χ2n) is 4.29. The van der Waals surface area contributed by atoms with E-state index in [0.29, 0.717) is 11.8 Å². The number of Topliss-reactive ketones (excluding diaryl/α,β-unsaturated/α-hetero) is 1. The molecule has 4 heteroatoms. The summed E-state index contributed by atoms with van der Waals surface area (Å²) in [4.78, 5) is 13.4. The van der Waals surface area contributed by atoms with Gasteiger partial charge in [-0.1, -0.05) is 0 Å². The van der Waals surface area contributed by atoms with Crippen LogP contribution in [-0.2, 0) is 11.3 Å². The average Bonchev–Trinajstić information content (AvgIpc) is 2.71. The van der Waals surface area contributed by atoms with Crippen LogP contribution in [0.3, 0.4) is 0 Å². The fourth-order valence-electron chi connectivity index (χ4n) is 2.15. The van der Waals surface area contributed by atoms with Gasteiger partial charge >= 0.3 is 0 Å². The number of aromatic amines is 1. The molecule has 1 aliphatic carbocycles. The Labute approximate surface area is 89.7 Å². The monoisotopic (exact) mass is 207 g/mol. The minimum Gasteiger partial charge on any atom is -0.300 e. The molecule has 2 rings (SSSR count). The number of carbonyl (C=O) groups is 1. The largest absolute Gasteiger partial charge is 0.300 e. The summed E-state index contributed by atoms with van der Waals surface area (Å²) in [7, 11) is 2.12. The molecule has 1 saturated carbocycles. The molecule has 0 aliphatic heterocycles. The minimum atomic E-state index is 0.419. The van der Waals surface area contributed by atoms with E-state index in [2.05, 4.69) is 22.1 Å². The number of H-pyrrole nitrogens is 1. The molecule has 0 saturated heterocycles. The maximum Gasteiger partial charge on any atom is 0.133 e. The van der Waals surface area contributed by atoms with E-state index >= 15 is 0 Å². The molecule has 1 heterocycles. The maximum absolute atomic E-state index is 11.1. The van der Waals surface area contributed by atoms with Crippen molar-refractivity contribution in [1.29, 1.82) is 0 Å². The Bertz CT molecular complexity index is 311. The molecule has 0 aromatic carbocycles. The molecule has 1 fully saturated rings. The maximum atomic E-state index is 11.1. The van der Waals surface area contributed by atoms with Crippen molar-refractivity contribution in [2.75, 3.05) is 7.05 Å². The summed E-state index contributed by atoms with van der Waals surface area (Å²) < 4.78 is 0. The van der Waals surface area contributed by atoms with Crippen LogP contribution in [0.5, 0.6) is 0 Å². The van der Waals surface area contributed by atoms with Gasteiger partial charge in [-0.2, -0.15) is 5.10 Å². The predicted octanol–water partition coefficient (Wildman–Crippen LogP) is 1.35. The lowest BCUT2D eigenvalue weighted by atomic mass is 9.93. The summed E-state index contributed by atoms with van der Waals surface area (Å²) in [5.41, 5.74) is 1.20. The third kappa shape index (κ3) is 2.65. The molecule has 15 heavy (non-hydrogen) atoms. The highest BCUT2D eigenvalue weighted by Crippen LogP contribution is 2.20.